The lowest BCUT2D eigenvalue weighted by molar-refractivity contribution is 0.574. The summed E-state index contributed by atoms with van der Waals surface area (Å²) in [6, 6.07) is 0. The summed E-state index contributed by atoms with van der Waals surface area (Å²) in [4.78, 5) is 0.292. The lowest BCUT2D eigenvalue weighted by atomic mass is 10.4. The van der Waals surface area contributed by atoms with E-state index < -0.39 is 10.0 Å². The predicted octanol–water partition coefficient (Wildman–Crippen LogP) is 0.737. The Hall–Kier alpha value is -0.630. The summed E-state index contributed by atoms with van der Waals surface area (Å²) in [6.45, 7) is 7.44. The first-order valence-corrected chi connectivity index (χ1v) is 7.59. The molecule has 0 aliphatic carbocycles. The standard InChI is InChI=1S/C11H22N4O2S.ClH/c1-5-6-12-7-8-13-18(16,17)11-9(2)14-15(4)10(11)3;/h12-13H,5-8H2,1-4H3;1H. The zero-order valence-electron chi connectivity index (χ0n) is 11.9. The zero-order chi connectivity index (χ0) is 13.8. The van der Waals surface area contributed by atoms with Gasteiger partial charge in [0.05, 0.1) is 11.4 Å². The van der Waals surface area contributed by atoms with Crippen molar-refractivity contribution in [1.82, 2.24) is 19.8 Å². The van der Waals surface area contributed by atoms with E-state index in [1.165, 1.54) is 0 Å². The lowest BCUT2D eigenvalue weighted by Gasteiger charge is -2.07. The van der Waals surface area contributed by atoms with Crippen molar-refractivity contribution in [1.29, 1.82) is 0 Å². The van der Waals surface area contributed by atoms with E-state index in [4.69, 9.17) is 0 Å². The van der Waals surface area contributed by atoms with Gasteiger partial charge in [0.15, 0.2) is 0 Å². The summed E-state index contributed by atoms with van der Waals surface area (Å²) in [5, 5.41) is 7.26. The second-order valence-electron chi connectivity index (χ2n) is 4.27. The first-order valence-electron chi connectivity index (χ1n) is 6.10. The number of nitrogens with one attached hydrogen (secondary N) is 2. The molecule has 0 atom stereocenters. The molecule has 1 heterocycles. The average Bonchev–Trinajstić information content (AvgIpc) is 2.53. The number of sulfonamides is 1. The van der Waals surface area contributed by atoms with Gasteiger partial charge >= 0.3 is 0 Å². The van der Waals surface area contributed by atoms with E-state index in [0.717, 1.165) is 13.0 Å². The van der Waals surface area contributed by atoms with Crippen LogP contribution >= 0.6 is 12.4 Å². The molecule has 0 radical (unpaired) electrons. The Labute approximate surface area is 121 Å². The number of aryl methyl sites for hydroxylation is 2. The highest BCUT2D eigenvalue weighted by molar-refractivity contribution is 7.89. The van der Waals surface area contributed by atoms with Gasteiger partial charge in [-0.05, 0) is 26.8 Å². The molecule has 0 aliphatic rings. The second-order valence-corrected chi connectivity index (χ2v) is 5.98. The smallest absolute Gasteiger partial charge is 0.244 e. The molecule has 0 unspecified atom stereocenters. The Morgan fingerprint density at radius 2 is 1.84 bits per heavy atom. The Morgan fingerprint density at radius 3 is 2.32 bits per heavy atom. The molecular formula is C11H23ClN4O2S. The maximum absolute atomic E-state index is 12.1. The summed E-state index contributed by atoms with van der Waals surface area (Å²) < 4.78 is 28.4. The molecule has 8 heteroatoms. The minimum Gasteiger partial charge on any atom is -0.315 e. The monoisotopic (exact) mass is 310 g/mol. The quantitative estimate of drug-likeness (QED) is 0.728. The van der Waals surface area contributed by atoms with Crippen LogP contribution in [0.4, 0.5) is 0 Å². The topological polar surface area (TPSA) is 76.0 Å². The van der Waals surface area contributed by atoms with Crippen LogP contribution in [-0.4, -0.2) is 37.8 Å². The minimum atomic E-state index is -3.46. The lowest BCUT2D eigenvalue weighted by Crippen LogP contribution is -2.32. The van der Waals surface area contributed by atoms with Crippen molar-refractivity contribution in [2.75, 3.05) is 19.6 Å². The maximum atomic E-state index is 12.1. The number of aromatic nitrogens is 2. The summed E-state index contributed by atoms with van der Waals surface area (Å²) in [5.41, 5.74) is 1.19. The molecule has 0 saturated heterocycles. The van der Waals surface area contributed by atoms with E-state index in [1.807, 2.05) is 0 Å². The van der Waals surface area contributed by atoms with Gasteiger partial charge in [0.2, 0.25) is 10.0 Å². The summed E-state index contributed by atoms with van der Waals surface area (Å²) in [5.74, 6) is 0. The summed E-state index contributed by atoms with van der Waals surface area (Å²) in [7, 11) is -1.72. The molecule has 2 N–H and O–H groups in total. The fraction of sp³-hybridized carbons (Fsp3) is 0.727. The van der Waals surface area contributed by atoms with Crippen LogP contribution in [0.2, 0.25) is 0 Å². The van der Waals surface area contributed by atoms with Gasteiger partial charge in [0.25, 0.3) is 0 Å². The summed E-state index contributed by atoms with van der Waals surface area (Å²) in [6.07, 6.45) is 1.04. The molecule has 0 fully saturated rings. The first kappa shape index (κ1) is 18.4. The molecular weight excluding hydrogens is 288 g/mol. The number of hydrogen-bond acceptors (Lipinski definition) is 4. The molecule has 112 valence electrons. The van der Waals surface area contributed by atoms with E-state index in [-0.39, 0.29) is 12.4 Å². The highest BCUT2D eigenvalue weighted by Crippen LogP contribution is 2.17. The van der Waals surface area contributed by atoms with E-state index >= 15 is 0 Å². The van der Waals surface area contributed by atoms with E-state index in [1.54, 1.807) is 25.6 Å². The van der Waals surface area contributed by atoms with Crippen molar-refractivity contribution in [3.63, 3.8) is 0 Å². The molecule has 0 bridgehead atoms. The predicted molar refractivity (Wildman–Crippen MR) is 78.3 cm³/mol. The van der Waals surface area contributed by atoms with E-state index in [0.29, 0.717) is 29.4 Å². The third kappa shape index (κ3) is 4.76. The van der Waals surface area contributed by atoms with Gasteiger partial charge in [-0.3, -0.25) is 4.68 Å². The molecule has 0 aromatic carbocycles. The Balaban J connectivity index is 0.00000324. The summed E-state index contributed by atoms with van der Waals surface area (Å²) >= 11 is 0. The largest absolute Gasteiger partial charge is 0.315 e. The van der Waals surface area contributed by atoms with Gasteiger partial charge in [-0.15, -0.1) is 12.4 Å². The van der Waals surface area contributed by atoms with Gasteiger partial charge < -0.3 is 5.32 Å². The fourth-order valence-corrected chi connectivity index (χ4v) is 3.26. The Morgan fingerprint density at radius 1 is 1.21 bits per heavy atom. The number of nitrogens with zero attached hydrogens (tertiary/aromatic N) is 2. The molecule has 19 heavy (non-hydrogen) atoms. The van der Waals surface area contributed by atoms with Crippen molar-refractivity contribution in [3.8, 4) is 0 Å². The second kappa shape index (κ2) is 7.84. The Kier molecular flexibility index (Phi) is 7.58. The van der Waals surface area contributed by atoms with Crippen LogP contribution < -0.4 is 10.0 Å². The number of hydrogen-bond donors (Lipinski definition) is 2. The molecule has 1 aromatic rings. The van der Waals surface area contributed by atoms with E-state index in [9.17, 15) is 8.42 Å². The molecule has 0 aliphatic heterocycles. The molecule has 0 saturated carbocycles. The van der Waals surface area contributed by atoms with E-state index in [2.05, 4.69) is 22.1 Å². The molecule has 6 nitrogen and oxygen atoms in total. The van der Waals surface area contributed by atoms with Gasteiger partial charge in [-0.1, -0.05) is 6.92 Å². The third-order valence-corrected chi connectivity index (χ3v) is 4.44. The molecule has 1 rings (SSSR count). The number of rotatable bonds is 7. The fourth-order valence-electron chi connectivity index (χ4n) is 1.79. The van der Waals surface area contributed by atoms with Crippen LogP contribution in [0.15, 0.2) is 4.90 Å². The molecule has 0 amide bonds. The zero-order valence-corrected chi connectivity index (χ0v) is 13.5. The van der Waals surface area contributed by atoms with Crippen LogP contribution in [0.25, 0.3) is 0 Å². The Bertz CT molecular complexity index is 499. The normalized spacial score (nSPS) is 11.4. The average molecular weight is 311 g/mol. The van der Waals surface area contributed by atoms with Crippen LogP contribution in [0.1, 0.15) is 24.7 Å². The van der Waals surface area contributed by atoms with Crippen molar-refractivity contribution >= 4 is 22.4 Å². The number of halogens is 1. The van der Waals surface area contributed by atoms with Crippen LogP contribution in [0.5, 0.6) is 0 Å². The van der Waals surface area contributed by atoms with Crippen molar-refractivity contribution in [2.24, 2.45) is 7.05 Å². The SMILES string of the molecule is CCCNCCNS(=O)(=O)c1c(C)nn(C)c1C.Cl. The highest BCUT2D eigenvalue weighted by atomic mass is 35.5. The van der Waals surface area contributed by atoms with Crippen molar-refractivity contribution in [2.45, 2.75) is 32.1 Å². The molecule has 1 aromatic heterocycles. The maximum Gasteiger partial charge on any atom is 0.244 e. The van der Waals surface area contributed by atoms with Gasteiger partial charge in [-0.25, -0.2) is 13.1 Å². The molecule has 0 spiro atoms. The van der Waals surface area contributed by atoms with Crippen LogP contribution in [0.3, 0.4) is 0 Å². The highest BCUT2D eigenvalue weighted by Gasteiger charge is 2.22. The van der Waals surface area contributed by atoms with Crippen molar-refractivity contribution in [3.05, 3.63) is 11.4 Å². The minimum absolute atomic E-state index is 0. The van der Waals surface area contributed by atoms with Crippen LogP contribution in [0, 0.1) is 13.8 Å². The third-order valence-electron chi connectivity index (χ3n) is 2.73. The van der Waals surface area contributed by atoms with Gasteiger partial charge in [-0.2, -0.15) is 5.10 Å². The van der Waals surface area contributed by atoms with Gasteiger partial charge in [0.1, 0.15) is 4.90 Å². The van der Waals surface area contributed by atoms with Crippen LogP contribution in [-0.2, 0) is 17.1 Å². The first-order chi connectivity index (χ1) is 8.40. The van der Waals surface area contributed by atoms with Crippen molar-refractivity contribution < 1.29 is 8.42 Å². The van der Waals surface area contributed by atoms with Gasteiger partial charge in [0, 0.05) is 20.1 Å².